The van der Waals surface area contributed by atoms with Crippen molar-refractivity contribution in [1.29, 1.82) is 5.26 Å². The molecule has 35 heavy (non-hydrogen) atoms. The van der Waals surface area contributed by atoms with E-state index in [2.05, 4.69) is 21.6 Å². The summed E-state index contributed by atoms with van der Waals surface area (Å²) >= 11 is 1.56. The average Bonchev–Trinajstić information content (AvgIpc) is 3.62. The number of thiophene rings is 1. The van der Waals surface area contributed by atoms with E-state index in [0.29, 0.717) is 36.4 Å². The molecule has 10 heteroatoms. The molecule has 3 aliphatic rings. The molecule has 3 fully saturated rings. The largest absolute Gasteiger partial charge is 0.339 e. The summed E-state index contributed by atoms with van der Waals surface area (Å²) in [6.45, 7) is 2.47. The van der Waals surface area contributed by atoms with Gasteiger partial charge in [0.25, 0.3) is 0 Å². The molecule has 2 aliphatic heterocycles. The van der Waals surface area contributed by atoms with Crippen molar-refractivity contribution in [1.82, 2.24) is 19.8 Å². The molecule has 4 atom stereocenters. The summed E-state index contributed by atoms with van der Waals surface area (Å²) in [5.74, 6) is 0.313. The van der Waals surface area contributed by atoms with Crippen LogP contribution >= 0.6 is 11.3 Å². The number of nitriles is 1. The Labute approximate surface area is 211 Å². The Balaban J connectivity index is 1.21. The zero-order valence-electron chi connectivity index (χ0n) is 19.8. The van der Waals surface area contributed by atoms with Crippen molar-refractivity contribution in [3.63, 3.8) is 0 Å². The molecular weight excluding hydrogens is 482 g/mol. The summed E-state index contributed by atoms with van der Waals surface area (Å²) in [6, 6.07) is 12.9. The van der Waals surface area contributed by atoms with Gasteiger partial charge < -0.3 is 15.5 Å². The summed E-state index contributed by atoms with van der Waals surface area (Å²) in [5, 5.41) is 15.9. The first-order valence-electron chi connectivity index (χ1n) is 12.2. The van der Waals surface area contributed by atoms with Crippen molar-refractivity contribution < 1.29 is 13.2 Å². The normalized spacial score (nSPS) is 25.9. The number of benzene rings is 1. The minimum atomic E-state index is -3.49. The fourth-order valence-electron chi connectivity index (χ4n) is 5.35. The second-order valence-corrected chi connectivity index (χ2v) is 12.9. The van der Waals surface area contributed by atoms with Crippen LogP contribution in [0.2, 0.25) is 0 Å². The monoisotopic (exact) mass is 513 g/mol. The Morgan fingerprint density at radius 3 is 2.54 bits per heavy atom. The molecule has 0 spiro atoms. The van der Waals surface area contributed by atoms with Crippen LogP contribution in [0.4, 0.5) is 0 Å². The standard InChI is InChI=1S/C25H31N5O3S2/c1-29-10-12-30(13-11-29)35(32,33)22-7-3-17(4-8-22)23-9-6-21(34-23)15-20(16-26)28-25(31)24-18-2-5-19(14-18)27-24/h3-4,6-9,18-20,24,27H,2,5,10-15H2,1H3,(H,28,31)/t18-,19-,20-,24-/m0/s1. The third-order valence-electron chi connectivity index (χ3n) is 7.42. The Morgan fingerprint density at radius 2 is 1.91 bits per heavy atom. The maximum atomic E-state index is 13.0. The number of piperidine rings is 1. The Morgan fingerprint density at radius 1 is 1.17 bits per heavy atom. The number of piperazine rings is 1. The molecule has 3 heterocycles. The maximum absolute atomic E-state index is 13.0. The summed E-state index contributed by atoms with van der Waals surface area (Å²) in [7, 11) is -1.49. The van der Waals surface area contributed by atoms with Gasteiger partial charge in [0.05, 0.1) is 17.0 Å². The quantitative estimate of drug-likeness (QED) is 0.587. The van der Waals surface area contributed by atoms with Crippen LogP contribution in [0.5, 0.6) is 0 Å². The number of hydrogen-bond acceptors (Lipinski definition) is 7. The number of nitrogens with one attached hydrogen (secondary N) is 2. The number of likely N-dealkylation sites (N-methyl/N-ethyl adjacent to an activating group) is 1. The molecule has 1 aromatic carbocycles. The average molecular weight is 514 g/mol. The van der Waals surface area contributed by atoms with E-state index in [0.717, 1.165) is 47.7 Å². The SMILES string of the molecule is CN1CCN(S(=O)(=O)c2ccc(-c3ccc(C[C@@H](C#N)NC(=O)[C@H]4N[C@H]5CC[C@H]4C5)s3)cc2)CC1. The smallest absolute Gasteiger partial charge is 0.243 e. The van der Waals surface area contributed by atoms with Gasteiger partial charge in [-0.25, -0.2) is 8.42 Å². The van der Waals surface area contributed by atoms with Crippen molar-refractivity contribution in [2.75, 3.05) is 33.2 Å². The lowest BCUT2D eigenvalue weighted by molar-refractivity contribution is -0.124. The molecule has 2 saturated heterocycles. The predicted octanol–water partition coefficient (Wildman–Crippen LogP) is 2.04. The highest BCUT2D eigenvalue weighted by Crippen LogP contribution is 2.35. The zero-order valence-corrected chi connectivity index (χ0v) is 21.4. The predicted molar refractivity (Wildman–Crippen MR) is 135 cm³/mol. The number of rotatable bonds is 7. The minimum Gasteiger partial charge on any atom is -0.339 e. The summed E-state index contributed by atoms with van der Waals surface area (Å²) < 4.78 is 27.5. The van der Waals surface area contributed by atoms with Crippen molar-refractivity contribution in [3.8, 4) is 16.5 Å². The van der Waals surface area contributed by atoms with Gasteiger partial charge in [-0.3, -0.25) is 4.79 Å². The molecular formula is C25H31N5O3S2. The molecule has 5 rings (SSSR count). The van der Waals surface area contributed by atoms with E-state index in [4.69, 9.17) is 0 Å². The maximum Gasteiger partial charge on any atom is 0.243 e. The topological polar surface area (TPSA) is 106 Å². The first kappa shape index (κ1) is 24.4. The van der Waals surface area contributed by atoms with Gasteiger partial charge in [-0.2, -0.15) is 9.57 Å². The lowest BCUT2D eigenvalue weighted by Crippen LogP contribution is -2.50. The lowest BCUT2D eigenvalue weighted by atomic mass is 9.99. The van der Waals surface area contributed by atoms with Gasteiger partial charge in [-0.15, -0.1) is 11.3 Å². The van der Waals surface area contributed by atoms with E-state index < -0.39 is 16.1 Å². The molecule has 1 aliphatic carbocycles. The van der Waals surface area contributed by atoms with Gasteiger partial charge in [0.1, 0.15) is 6.04 Å². The van der Waals surface area contributed by atoms with Crippen LogP contribution in [0.3, 0.4) is 0 Å². The zero-order chi connectivity index (χ0) is 24.6. The summed E-state index contributed by atoms with van der Waals surface area (Å²) in [6.07, 6.45) is 3.72. The number of hydrogen-bond donors (Lipinski definition) is 2. The fourth-order valence-corrected chi connectivity index (χ4v) is 7.83. The van der Waals surface area contributed by atoms with Crippen molar-refractivity contribution in [2.45, 2.75) is 48.7 Å². The minimum absolute atomic E-state index is 0.0716. The molecule has 1 amide bonds. The number of carbonyl (C=O) groups is 1. The van der Waals surface area contributed by atoms with E-state index in [1.165, 1.54) is 0 Å². The fraction of sp³-hybridized carbons (Fsp3) is 0.520. The van der Waals surface area contributed by atoms with E-state index in [1.54, 1.807) is 27.8 Å². The first-order chi connectivity index (χ1) is 16.8. The molecule has 0 unspecified atom stereocenters. The molecule has 1 aromatic heterocycles. The lowest BCUT2D eigenvalue weighted by Gasteiger charge is -2.31. The molecule has 0 radical (unpaired) electrons. The highest BCUT2D eigenvalue weighted by atomic mass is 32.2. The van der Waals surface area contributed by atoms with E-state index >= 15 is 0 Å². The van der Waals surface area contributed by atoms with Crippen molar-refractivity contribution >= 4 is 27.3 Å². The van der Waals surface area contributed by atoms with Gasteiger partial charge in [0.2, 0.25) is 15.9 Å². The molecule has 1 saturated carbocycles. The van der Waals surface area contributed by atoms with Crippen LogP contribution in [-0.4, -0.2) is 74.9 Å². The van der Waals surface area contributed by atoms with E-state index in [1.807, 2.05) is 31.3 Å². The molecule has 2 N–H and O–H groups in total. The Hall–Kier alpha value is -2.29. The Bertz CT molecular complexity index is 1210. The van der Waals surface area contributed by atoms with Crippen molar-refractivity contribution in [2.24, 2.45) is 5.92 Å². The van der Waals surface area contributed by atoms with Crippen LogP contribution in [0.1, 0.15) is 24.1 Å². The Kier molecular flexibility index (Phi) is 6.97. The third kappa shape index (κ3) is 5.15. The number of nitrogens with zero attached hydrogens (tertiary/aromatic N) is 3. The van der Waals surface area contributed by atoms with E-state index in [9.17, 15) is 18.5 Å². The number of carbonyl (C=O) groups excluding carboxylic acids is 1. The highest BCUT2D eigenvalue weighted by Gasteiger charge is 2.43. The van der Waals surface area contributed by atoms with Crippen molar-refractivity contribution in [3.05, 3.63) is 41.3 Å². The first-order valence-corrected chi connectivity index (χ1v) is 14.4. The van der Waals surface area contributed by atoms with Gasteiger partial charge >= 0.3 is 0 Å². The number of fused-ring (bicyclic) bond motifs is 2. The van der Waals surface area contributed by atoms with Gasteiger partial charge in [0.15, 0.2) is 0 Å². The van der Waals surface area contributed by atoms with Crippen LogP contribution in [-0.2, 0) is 21.2 Å². The van der Waals surface area contributed by atoms with Crippen LogP contribution < -0.4 is 10.6 Å². The number of amides is 1. The second kappa shape index (κ2) is 9.99. The molecule has 2 aromatic rings. The van der Waals surface area contributed by atoms with Gasteiger partial charge in [0, 0.05) is 48.4 Å². The summed E-state index contributed by atoms with van der Waals surface area (Å²) in [4.78, 5) is 17.1. The van der Waals surface area contributed by atoms with Gasteiger partial charge in [-0.05, 0) is 62.1 Å². The third-order valence-corrected chi connectivity index (χ3v) is 10.5. The number of sulfonamides is 1. The second-order valence-electron chi connectivity index (χ2n) is 9.81. The van der Waals surface area contributed by atoms with Gasteiger partial charge in [-0.1, -0.05) is 12.1 Å². The summed E-state index contributed by atoms with van der Waals surface area (Å²) in [5.41, 5.74) is 0.933. The van der Waals surface area contributed by atoms with Crippen LogP contribution in [0.25, 0.3) is 10.4 Å². The van der Waals surface area contributed by atoms with E-state index in [-0.39, 0.29) is 11.9 Å². The molecule has 186 valence electrons. The van der Waals surface area contributed by atoms with Crippen LogP contribution in [0, 0.1) is 17.2 Å². The molecule has 8 nitrogen and oxygen atoms in total. The highest BCUT2D eigenvalue weighted by molar-refractivity contribution is 7.89. The van der Waals surface area contributed by atoms with Crippen LogP contribution in [0.15, 0.2) is 41.3 Å². The molecule has 2 bridgehead atoms.